The molecule has 1 fully saturated rings. The lowest BCUT2D eigenvalue weighted by molar-refractivity contribution is 0.108. The Morgan fingerprint density at radius 3 is 2.13 bits per heavy atom. The van der Waals surface area contributed by atoms with Crippen molar-refractivity contribution < 1.29 is 9.53 Å². The average molecular weight is 223 g/mol. The molecule has 0 aliphatic heterocycles. The van der Waals surface area contributed by atoms with Gasteiger partial charge in [0, 0.05) is 11.1 Å². The molecule has 3 heteroatoms. The fourth-order valence-corrected chi connectivity index (χ4v) is 1.63. The van der Waals surface area contributed by atoms with Gasteiger partial charge in [0.2, 0.25) is 0 Å². The van der Waals surface area contributed by atoms with Crippen LogP contribution in [0.15, 0.2) is 29.8 Å². The van der Waals surface area contributed by atoms with Crippen LogP contribution in [0, 0.1) is 0 Å². The molecule has 0 radical (unpaired) electrons. The number of carbonyl (C=O) groups excluding carboxylic acids is 1. The molecule has 1 saturated carbocycles. The number of rotatable bonds is 3. The minimum Gasteiger partial charge on any atom is -0.496 e. The van der Waals surface area contributed by atoms with E-state index >= 15 is 0 Å². The molecule has 15 heavy (non-hydrogen) atoms. The van der Waals surface area contributed by atoms with Crippen LogP contribution in [0.5, 0.6) is 0 Å². The summed E-state index contributed by atoms with van der Waals surface area (Å²) in [6.07, 6.45) is 2.22. The summed E-state index contributed by atoms with van der Waals surface area (Å²) in [5.41, 5.74) is 2.85. The van der Waals surface area contributed by atoms with E-state index in [9.17, 15) is 4.79 Å². The molecule has 0 aromatic heterocycles. The van der Waals surface area contributed by atoms with Crippen LogP contribution in [0.25, 0.3) is 5.76 Å². The molecule has 0 bridgehead atoms. The minimum atomic E-state index is -0.431. The first-order valence-corrected chi connectivity index (χ1v) is 5.16. The van der Waals surface area contributed by atoms with Crippen LogP contribution in [0.1, 0.15) is 28.8 Å². The normalized spacial score (nSPS) is 13.6. The lowest BCUT2D eigenvalue weighted by Gasteiger charge is -2.05. The largest absolute Gasteiger partial charge is 0.496 e. The summed E-state index contributed by atoms with van der Waals surface area (Å²) in [6.45, 7) is 0. The Morgan fingerprint density at radius 2 is 1.73 bits per heavy atom. The first-order chi connectivity index (χ1) is 7.22. The molecule has 78 valence electrons. The molecule has 1 aromatic rings. The molecule has 0 heterocycles. The minimum absolute atomic E-state index is 0.431. The van der Waals surface area contributed by atoms with Gasteiger partial charge in [0.15, 0.2) is 0 Å². The van der Waals surface area contributed by atoms with Gasteiger partial charge < -0.3 is 4.74 Å². The van der Waals surface area contributed by atoms with Crippen molar-refractivity contribution in [1.82, 2.24) is 0 Å². The summed E-state index contributed by atoms with van der Waals surface area (Å²) in [4.78, 5) is 10.9. The number of methoxy groups -OCH3 is 1. The van der Waals surface area contributed by atoms with Crippen molar-refractivity contribution in [1.29, 1.82) is 0 Å². The van der Waals surface area contributed by atoms with Gasteiger partial charge in [-0.2, -0.15) is 0 Å². The number of hydrogen-bond acceptors (Lipinski definition) is 2. The smallest absolute Gasteiger partial charge is 0.252 e. The molecule has 1 aliphatic carbocycles. The highest BCUT2D eigenvalue weighted by Gasteiger charge is 2.19. The Labute approximate surface area is 93.5 Å². The summed E-state index contributed by atoms with van der Waals surface area (Å²) in [7, 11) is 1.67. The van der Waals surface area contributed by atoms with E-state index in [1.165, 1.54) is 5.57 Å². The van der Waals surface area contributed by atoms with E-state index < -0.39 is 5.24 Å². The van der Waals surface area contributed by atoms with Crippen LogP contribution < -0.4 is 0 Å². The SMILES string of the molecule is COC(=C1CC1)c1ccc(C(=O)Cl)cc1. The van der Waals surface area contributed by atoms with Crippen molar-refractivity contribution >= 4 is 22.6 Å². The van der Waals surface area contributed by atoms with Crippen molar-refractivity contribution in [2.24, 2.45) is 0 Å². The van der Waals surface area contributed by atoms with E-state index in [-0.39, 0.29) is 0 Å². The third-order valence-electron chi connectivity index (χ3n) is 2.40. The maximum absolute atomic E-state index is 10.9. The highest BCUT2D eigenvalue weighted by atomic mass is 35.5. The van der Waals surface area contributed by atoms with Gasteiger partial charge >= 0.3 is 0 Å². The Hall–Kier alpha value is -1.28. The Bertz CT molecular complexity index is 412. The van der Waals surface area contributed by atoms with E-state index in [1.54, 1.807) is 19.2 Å². The predicted octanol–water partition coefficient (Wildman–Crippen LogP) is 3.22. The molecule has 2 rings (SSSR count). The highest BCUT2D eigenvalue weighted by molar-refractivity contribution is 6.67. The molecule has 0 N–H and O–H groups in total. The number of ether oxygens (including phenoxy) is 1. The van der Waals surface area contributed by atoms with Crippen LogP contribution in [0.4, 0.5) is 0 Å². The van der Waals surface area contributed by atoms with Gasteiger partial charge in [-0.3, -0.25) is 4.79 Å². The van der Waals surface area contributed by atoms with Crippen LogP contribution in [-0.4, -0.2) is 12.4 Å². The molecular formula is C12H11ClO2. The monoisotopic (exact) mass is 222 g/mol. The van der Waals surface area contributed by atoms with Gasteiger partial charge in [-0.15, -0.1) is 0 Å². The third-order valence-corrected chi connectivity index (χ3v) is 2.62. The van der Waals surface area contributed by atoms with E-state index in [0.717, 1.165) is 24.2 Å². The molecule has 0 amide bonds. The quantitative estimate of drug-likeness (QED) is 0.580. The van der Waals surface area contributed by atoms with Gasteiger partial charge in [-0.1, -0.05) is 12.1 Å². The zero-order valence-electron chi connectivity index (χ0n) is 8.42. The van der Waals surface area contributed by atoms with Gasteiger partial charge in [0.1, 0.15) is 5.76 Å². The van der Waals surface area contributed by atoms with Crippen LogP contribution in [0.2, 0.25) is 0 Å². The zero-order valence-corrected chi connectivity index (χ0v) is 9.17. The molecule has 1 aromatic carbocycles. The van der Waals surface area contributed by atoms with E-state index in [0.29, 0.717) is 5.56 Å². The second kappa shape index (κ2) is 4.07. The lowest BCUT2D eigenvalue weighted by Crippen LogP contribution is -1.91. The number of benzene rings is 1. The fraction of sp³-hybridized carbons (Fsp3) is 0.250. The third kappa shape index (κ3) is 2.21. The summed E-state index contributed by atoms with van der Waals surface area (Å²) >= 11 is 5.36. The van der Waals surface area contributed by atoms with Gasteiger partial charge in [0.05, 0.1) is 7.11 Å². The van der Waals surface area contributed by atoms with E-state index in [2.05, 4.69) is 0 Å². The lowest BCUT2D eigenvalue weighted by atomic mass is 10.1. The number of carbonyl (C=O) groups is 1. The Kier molecular flexibility index (Phi) is 2.78. The fourth-order valence-electron chi connectivity index (χ4n) is 1.51. The standard InChI is InChI=1S/C12H11ClO2/c1-15-11(8-2-3-8)9-4-6-10(7-5-9)12(13)14/h4-7H,2-3H2,1H3. The van der Waals surface area contributed by atoms with Crippen LogP contribution in [-0.2, 0) is 4.74 Å². The second-order valence-electron chi connectivity index (χ2n) is 3.49. The topological polar surface area (TPSA) is 26.3 Å². The van der Waals surface area contributed by atoms with Crippen molar-refractivity contribution in [3.8, 4) is 0 Å². The van der Waals surface area contributed by atoms with Gasteiger partial charge in [0.25, 0.3) is 5.24 Å². The first kappa shape index (κ1) is 10.2. The van der Waals surface area contributed by atoms with Crippen molar-refractivity contribution in [3.05, 3.63) is 41.0 Å². The van der Waals surface area contributed by atoms with Gasteiger partial charge in [-0.25, -0.2) is 0 Å². The van der Waals surface area contributed by atoms with Crippen LogP contribution >= 0.6 is 11.6 Å². The summed E-state index contributed by atoms with van der Waals surface area (Å²) < 4.78 is 5.32. The van der Waals surface area contributed by atoms with E-state index in [4.69, 9.17) is 16.3 Å². The molecule has 0 saturated heterocycles. The molecule has 1 aliphatic rings. The molecule has 0 unspecified atom stereocenters. The maximum atomic E-state index is 10.9. The first-order valence-electron chi connectivity index (χ1n) is 4.78. The molecule has 0 atom stereocenters. The zero-order chi connectivity index (χ0) is 10.8. The van der Waals surface area contributed by atoms with Crippen molar-refractivity contribution in [3.63, 3.8) is 0 Å². The molecular weight excluding hydrogens is 212 g/mol. The summed E-state index contributed by atoms with van der Waals surface area (Å²) in [5.74, 6) is 0.934. The average Bonchev–Trinajstić information content (AvgIpc) is 3.04. The maximum Gasteiger partial charge on any atom is 0.252 e. The second-order valence-corrected chi connectivity index (χ2v) is 3.83. The van der Waals surface area contributed by atoms with Crippen molar-refractivity contribution in [2.45, 2.75) is 12.8 Å². The number of allylic oxidation sites excluding steroid dienone is 1. The van der Waals surface area contributed by atoms with Crippen LogP contribution in [0.3, 0.4) is 0 Å². The summed E-state index contributed by atoms with van der Waals surface area (Å²) in [6, 6.07) is 7.15. The molecule has 0 spiro atoms. The Morgan fingerprint density at radius 1 is 1.20 bits per heavy atom. The Balaban J connectivity index is 2.31. The predicted molar refractivity (Wildman–Crippen MR) is 59.8 cm³/mol. The number of hydrogen-bond donors (Lipinski definition) is 0. The highest BCUT2D eigenvalue weighted by Crippen LogP contribution is 2.36. The van der Waals surface area contributed by atoms with E-state index in [1.807, 2.05) is 12.1 Å². The number of halogens is 1. The van der Waals surface area contributed by atoms with Gasteiger partial charge in [-0.05, 0) is 42.1 Å². The van der Waals surface area contributed by atoms with Crippen molar-refractivity contribution in [2.75, 3.05) is 7.11 Å². The molecule has 2 nitrogen and oxygen atoms in total. The summed E-state index contributed by atoms with van der Waals surface area (Å²) in [5, 5.41) is -0.431.